The van der Waals surface area contributed by atoms with E-state index in [2.05, 4.69) is 4.98 Å². The smallest absolute Gasteiger partial charge is 0.182 e. The van der Waals surface area contributed by atoms with E-state index in [4.69, 9.17) is 11.5 Å². The minimum absolute atomic E-state index is 0.0282. The van der Waals surface area contributed by atoms with Crippen LogP contribution in [0.15, 0.2) is 18.2 Å². The predicted molar refractivity (Wildman–Crippen MR) is 56.3 cm³/mol. The molecule has 0 saturated carbocycles. The van der Waals surface area contributed by atoms with E-state index in [1.807, 2.05) is 0 Å². The van der Waals surface area contributed by atoms with Gasteiger partial charge < -0.3 is 11.5 Å². The molecule has 0 aliphatic heterocycles. The topological polar surface area (TPSA) is 64.9 Å². The fraction of sp³-hybridized carbons (Fsp3) is 0. The Balaban J connectivity index is 2.62. The summed E-state index contributed by atoms with van der Waals surface area (Å²) >= 11 is 1.03. The number of nitrogen functional groups attached to an aromatic ring is 2. The first kappa shape index (κ1) is 9.85. The number of anilines is 2. The highest BCUT2D eigenvalue weighted by Crippen LogP contribution is 2.33. The van der Waals surface area contributed by atoms with Gasteiger partial charge >= 0.3 is 0 Å². The average Bonchev–Trinajstić information content (AvgIpc) is 2.50. The molecular weight excluding hydrogens is 220 g/mol. The Hall–Kier alpha value is -1.69. The third kappa shape index (κ3) is 1.75. The molecule has 0 unspecified atom stereocenters. The zero-order chi connectivity index (χ0) is 11.0. The lowest BCUT2D eigenvalue weighted by Crippen LogP contribution is -1.91. The van der Waals surface area contributed by atoms with Gasteiger partial charge in [0, 0.05) is 5.56 Å². The molecule has 0 aliphatic rings. The first-order valence-electron chi connectivity index (χ1n) is 4.05. The van der Waals surface area contributed by atoms with Gasteiger partial charge in [-0.05, 0) is 18.2 Å². The molecule has 6 heteroatoms. The molecule has 0 saturated heterocycles. The number of rotatable bonds is 1. The molecule has 1 aromatic heterocycles. The third-order valence-electron chi connectivity index (χ3n) is 1.85. The summed E-state index contributed by atoms with van der Waals surface area (Å²) in [6.07, 6.45) is 0. The van der Waals surface area contributed by atoms with Crippen molar-refractivity contribution < 1.29 is 8.78 Å². The van der Waals surface area contributed by atoms with Gasteiger partial charge in [0.1, 0.15) is 22.3 Å². The largest absolute Gasteiger partial charge is 0.389 e. The van der Waals surface area contributed by atoms with E-state index in [-0.39, 0.29) is 21.4 Å². The van der Waals surface area contributed by atoms with Gasteiger partial charge in [-0.3, -0.25) is 0 Å². The van der Waals surface area contributed by atoms with Gasteiger partial charge in [-0.2, -0.15) is 0 Å². The lowest BCUT2D eigenvalue weighted by atomic mass is 10.1. The number of nitrogens with zero attached hydrogens (tertiary/aromatic N) is 1. The Morgan fingerprint density at radius 3 is 2.53 bits per heavy atom. The average molecular weight is 227 g/mol. The summed E-state index contributed by atoms with van der Waals surface area (Å²) in [4.78, 5) is 3.85. The Bertz CT molecular complexity index is 510. The molecular formula is C9H7F2N3S. The number of benzene rings is 1. The van der Waals surface area contributed by atoms with Crippen LogP contribution in [0.5, 0.6) is 0 Å². The van der Waals surface area contributed by atoms with Crippen molar-refractivity contribution in [1.29, 1.82) is 0 Å². The van der Waals surface area contributed by atoms with E-state index in [0.717, 1.165) is 29.5 Å². The molecule has 1 aromatic carbocycles. The van der Waals surface area contributed by atoms with Crippen molar-refractivity contribution in [2.24, 2.45) is 0 Å². The Morgan fingerprint density at radius 2 is 1.93 bits per heavy atom. The van der Waals surface area contributed by atoms with Crippen LogP contribution in [0.4, 0.5) is 18.9 Å². The molecule has 1 heterocycles. The van der Waals surface area contributed by atoms with Crippen molar-refractivity contribution in [3.8, 4) is 11.3 Å². The highest BCUT2D eigenvalue weighted by atomic mass is 32.1. The summed E-state index contributed by atoms with van der Waals surface area (Å²) in [5.74, 6) is -1.12. The first-order valence-corrected chi connectivity index (χ1v) is 4.87. The van der Waals surface area contributed by atoms with Crippen molar-refractivity contribution in [1.82, 2.24) is 4.98 Å². The Morgan fingerprint density at radius 1 is 1.20 bits per heavy atom. The molecule has 2 rings (SSSR count). The summed E-state index contributed by atoms with van der Waals surface area (Å²) < 4.78 is 26.3. The number of nitrogens with two attached hydrogens (primary N) is 2. The van der Waals surface area contributed by atoms with Crippen molar-refractivity contribution in [2.45, 2.75) is 0 Å². The number of hydrogen-bond acceptors (Lipinski definition) is 4. The van der Waals surface area contributed by atoms with Gasteiger partial charge in [0.05, 0.1) is 0 Å². The van der Waals surface area contributed by atoms with Crippen molar-refractivity contribution in [3.05, 3.63) is 29.8 Å². The van der Waals surface area contributed by atoms with Crippen LogP contribution in [-0.4, -0.2) is 4.98 Å². The molecule has 0 fully saturated rings. The molecule has 15 heavy (non-hydrogen) atoms. The molecule has 0 amide bonds. The predicted octanol–water partition coefficient (Wildman–Crippen LogP) is 2.25. The van der Waals surface area contributed by atoms with Crippen LogP contribution in [-0.2, 0) is 0 Å². The van der Waals surface area contributed by atoms with Gasteiger partial charge in [-0.15, -0.1) is 0 Å². The molecule has 3 nitrogen and oxygen atoms in total. The van der Waals surface area contributed by atoms with E-state index in [0.29, 0.717) is 0 Å². The van der Waals surface area contributed by atoms with E-state index < -0.39 is 11.6 Å². The third-order valence-corrected chi connectivity index (χ3v) is 2.57. The van der Waals surface area contributed by atoms with Crippen LogP contribution >= 0.6 is 11.3 Å². The second-order valence-corrected chi connectivity index (χ2v) is 3.95. The van der Waals surface area contributed by atoms with Crippen molar-refractivity contribution in [2.75, 3.05) is 11.5 Å². The quantitative estimate of drug-likeness (QED) is 0.785. The van der Waals surface area contributed by atoms with Crippen molar-refractivity contribution >= 4 is 21.5 Å². The molecule has 4 N–H and O–H groups in total. The summed E-state index contributed by atoms with van der Waals surface area (Å²) in [5, 5.41) is 0.503. The zero-order valence-electron chi connectivity index (χ0n) is 7.50. The Kier molecular flexibility index (Phi) is 2.28. The highest BCUT2D eigenvalue weighted by Gasteiger charge is 2.13. The minimum Gasteiger partial charge on any atom is -0.389 e. The maximum atomic E-state index is 13.3. The van der Waals surface area contributed by atoms with Gasteiger partial charge in [-0.25, -0.2) is 13.8 Å². The monoisotopic (exact) mass is 227 g/mol. The standard InChI is InChI=1S/C9H7F2N3S/c10-4-1-2-6(11)5(3-4)7-8(12)15-9(13)14-7/h1-3H,12H2,(H2,13,14). The molecule has 0 radical (unpaired) electrons. The van der Waals surface area contributed by atoms with Gasteiger partial charge in [-0.1, -0.05) is 11.3 Å². The molecule has 0 bridgehead atoms. The second-order valence-electron chi connectivity index (χ2n) is 2.89. The number of aromatic nitrogens is 1. The number of hydrogen-bond donors (Lipinski definition) is 2. The molecule has 0 aliphatic carbocycles. The fourth-order valence-electron chi connectivity index (χ4n) is 1.22. The van der Waals surface area contributed by atoms with Crippen LogP contribution < -0.4 is 11.5 Å². The van der Waals surface area contributed by atoms with Crippen LogP contribution in [0, 0.1) is 11.6 Å². The van der Waals surface area contributed by atoms with Gasteiger partial charge in [0.2, 0.25) is 0 Å². The lowest BCUT2D eigenvalue weighted by molar-refractivity contribution is 0.603. The SMILES string of the molecule is Nc1nc(-c2cc(F)ccc2F)c(N)s1. The zero-order valence-corrected chi connectivity index (χ0v) is 8.31. The van der Waals surface area contributed by atoms with Gasteiger partial charge in [0.25, 0.3) is 0 Å². The highest BCUT2D eigenvalue weighted by molar-refractivity contribution is 7.19. The first-order chi connectivity index (χ1) is 7.08. The van der Waals surface area contributed by atoms with Crippen LogP contribution in [0.3, 0.4) is 0 Å². The van der Waals surface area contributed by atoms with Gasteiger partial charge in [0.15, 0.2) is 5.13 Å². The maximum absolute atomic E-state index is 13.3. The number of halogens is 2. The Labute approximate surface area is 88.4 Å². The minimum atomic E-state index is -0.576. The fourth-order valence-corrected chi connectivity index (χ4v) is 1.84. The normalized spacial score (nSPS) is 10.5. The summed E-state index contributed by atoms with van der Waals surface area (Å²) in [5.41, 5.74) is 11.2. The maximum Gasteiger partial charge on any atom is 0.182 e. The van der Waals surface area contributed by atoms with Crippen molar-refractivity contribution in [3.63, 3.8) is 0 Å². The second kappa shape index (κ2) is 3.47. The molecule has 0 spiro atoms. The summed E-state index contributed by atoms with van der Waals surface area (Å²) in [6, 6.07) is 3.10. The summed E-state index contributed by atoms with van der Waals surface area (Å²) in [7, 11) is 0. The summed E-state index contributed by atoms with van der Waals surface area (Å²) in [6.45, 7) is 0. The molecule has 0 atom stereocenters. The molecule has 2 aromatic rings. The van der Waals surface area contributed by atoms with Crippen LogP contribution in [0.1, 0.15) is 0 Å². The molecule has 78 valence electrons. The number of thiazole rings is 1. The van der Waals surface area contributed by atoms with E-state index >= 15 is 0 Å². The van der Waals surface area contributed by atoms with E-state index in [1.165, 1.54) is 0 Å². The van der Waals surface area contributed by atoms with Crippen LogP contribution in [0.2, 0.25) is 0 Å². The lowest BCUT2D eigenvalue weighted by Gasteiger charge is -2.00. The van der Waals surface area contributed by atoms with Crippen LogP contribution in [0.25, 0.3) is 11.3 Å². The van der Waals surface area contributed by atoms with E-state index in [9.17, 15) is 8.78 Å². The van der Waals surface area contributed by atoms with E-state index in [1.54, 1.807) is 0 Å².